The first-order valence-electron chi connectivity index (χ1n) is 8.79. The number of amides is 2. The van der Waals surface area contributed by atoms with E-state index in [-0.39, 0.29) is 12.1 Å². The van der Waals surface area contributed by atoms with Crippen LogP contribution in [0.1, 0.15) is 19.3 Å². The number of piperazine rings is 1. The van der Waals surface area contributed by atoms with E-state index in [1.165, 1.54) is 6.42 Å². The van der Waals surface area contributed by atoms with Gasteiger partial charge in [0.2, 0.25) is 0 Å². The van der Waals surface area contributed by atoms with Crippen LogP contribution < -0.4 is 15.0 Å². The molecule has 1 aromatic carbocycles. The van der Waals surface area contributed by atoms with Crippen molar-refractivity contribution in [1.29, 1.82) is 0 Å². The first-order chi connectivity index (χ1) is 11.8. The van der Waals surface area contributed by atoms with Crippen molar-refractivity contribution in [2.75, 3.05) is 51.3 Å². The number of urea groups is 1. The predicted octanol–water partition coefficient (Wildman–Crippen LogP) is 2.10. The molecular weight excluding hydrogens is 306 g/mol. The van der Waals surface area contributed by atoms with Gasteiger partial charge in [-0.25, -0.2) is 4.79 Å². The smallest absolute Gasteiger partial charge is 0.317 e. The molecule has 0 saturated carbocycles. The number of anilines is 1. The van der Waals surface area contributed by atoms with Gasteiger partial charge in [-0.2, -0.15) is 0 Å². The SMILES string of the molecule is COc1cccc(N2CCN(C(=O)NCC3CCCCO3)CC2)c1. The minimum atomic E-state index is 0.0227. The van der Waals surface area contributed by atoms with Crippen LogP contribution >= 0.6 is 0 Å². The monoisotopic (exact) mass is 333 g/mol. The second kappa shape index (κ2) is 8.24. The lowest BCUT2D eigenvalue weighted by Gasteiger charge is -2.36. The van der Waals surface area contributed by atoms with Gasteiger partial charge in [-0.15, -0.1) is 0 Å². The number of rotatable bonds is 4. The first kappa shape index (κ1) is 16.9. The van der Waals surface area contributed by atoms with E-state index in [1.807, 2.05) is 23.1 Å². The highest BCUT2D eigenvalue weighted by atomic mass is 16.5. The summed E-state index contributed by atoms with van der Waals surface area (Å²) in [6.45, 7) is 4.57. The van der Waals surface area contributed by atoms with Gasteiger partial charge < -0.3 is 24.6 Å². The van der Waals surface area contributed by atoms with Crippen LogP contribution in [0.25, 0.3) is 0 Å². The minimum Gasteiger partial charge on any atom is -0.497 e. The Balaban J connectivity index is 1.44. The summed E-state index contributed by atoms with van der Waals surface area (Å²) < 4.78 is 10.9. The zero-order valence-electron chi connectivity index (χ0n) is 14.4. The molecule has 0 aromatic heterocycles. The van der Waals surface area contributed by atoms with Gasteiger partial charge >= 0.3 is 6.03 Å². The molecule has 2 aliphatic rings. The molecular formula is C18H27N3O3. The highest BCUT2D eigenvalue weighted by Gasteiger charge is 2.22. The lowest BCUT2D eigenvalue weighted by atomic mass is 10.1. The van der Waals surface area contributed by atoms with E-state index in [4.69, 9.17) is 9.47 Å². The maximum absolute atomic E-state index is 12.3. The Hall–Kier alpha value is -1.95. The van der Waals surface area contributed by atoms with Crippen molar-refractivity contribution in [3.8, 4) is 5.75 Å². The van der Waals surface area contributed by atoms with Crippen molar-refractivity contribution in [1.82, 2.24) is 10.2 Å². The number of nitrogens with one attached hydrogen (secondary N) is 1. The van der Waals surface area contributed by atoms with E-state index >= 15 is 0 Å². The average Bonchev–Trinajstić information content (AvgIpc) is 2.67. The molecule has 3 rings (SSSR count). The Kier molecular flexibility index (Phi) is 5.80. The molecule has 0 aliphatic carbocycles. The third-order valence-electron chi connectivity index (χ3n) is 4.74. The van der Waals surface area contributed by atoms with E-state index in [1.54, 1.807) is 7.11 Å². The molecule has 2 aliphatic heterocycles. The fourth-order valence-electron chi connectivity index (χ4n) is 3.26. The Bertz CT molecular complexity index is 538. The van der Waals surface area contributed by atoms with Crippen molar-refractivity contribution in [3.63, 3.8) is 0 Å². The van der Waals surface area contributed by atoms with Crippen LogP contribution in [0.4, 0.5) is 10.5 Å². The molecule has 1 aromatic rings. The zero-order valence-corrected chi connectivity index (χ0v) is 14.4. The molecule has 0 bridgehead atoms. The van der Waals surface area contributed by atoms with Crippen LogP contribution in [0.2, 0.25) is 0 Å². The average molecular weight is 333 g/mol. The number of hydrogen-bond acceptors (Lipinski definition) is 4. The quantitative estimate of drug-likeness (QED) is 0.917. The Morgan fingerprint density at radius 2 is 2.12 bits per heavy atom. The maximum Gasteiger partial charge on any atom is 0.317 e. The second-order valence-electron chi connectivity index (χ2n) is 6.35. The van der Waals surface area contributed by atoms with E-state index in [0.29, 0.717) is 6.54 Å². The number of nitrogens with zero attached hydrogens (tertiary/aromatic N) is 2. The summed E-state index contributed by atoms with van der Waals surface area (Å²) in [7, 11) is 1.68. The van der Waals surface area contributed by atoms with Crippen molar-refractivity contribution >= 4 is 11.7 Å². The van der Waals surface area contributed by atoms with Crippen LogP contribution in [-0.4, -0.2) is 63.5 Å². The summed E-state index contributed by atoms with van der Waals surface area (Å²) in [5, 5.41) is 3.02. The first-order valence-corrected chi connectivity index (χ1v) is 8.79. The second-order valence-corrected chi connectivity index (χ2v) is 6.35. The van der Waals surface area contributed by atoms with Gasteiger partial charge in [0.25, 0.3) is 0 Å². The zero-order chi connectivity index (χ0) is 16.8. The molecule has 2 amide bonds. The number of carbonyl (C=O) groups excluding carboxylic acids is 1. The van der Waals surface area contributed by atoms with E-state index in [2.05, 4.69) is 16.3 Å². The van der Waals surface area contributed by atoms with Crippen molar-refractivity contribution < 1.29 is 14.3 Å². The molecule has 2 saturated heterocycles. The summed E-state index contributed by atoms with van der Waals surface area (Å²) in [5.74, 6) is 0.861. The topological polar surface area (TPSA) is 54.0 Å². The van der Waals surface area contributed by atoms with Gasteiger partial charge in [0.15, 0.2) is 0 Å². The van der Waals surface area contributed by atoms with Gasteiger partial charge in [0, 0.05) is 51.1 Å². The Morgan fingerprint density at radius 3 is 2.83 bits per heavy atom. The summed E-state index contributed by atoms with van der Waals surface area (Å²) in [6, 6.07) is 8.08. The molecule has 2 fully saturated rings. The fraction of sp³-hybridized carbons (Fsp3) is 0.611. The molecule has 0 radical (unpaired) electrons. The molecule has 0 spiro atoms. The molecule has 1 unspecified atom stereocenters. The van der Waals surface area contributed by atoms with Crippen LogP contribution in [0.15, 0.2) is 24.3 Å². The Morgan fingerprint density at radius 1 is 1.29 bits per heavy atom. The molecule has 1 atom stereocenters. The number of carbonyl (C=O) groups is 1. The number of ether oxygens (including phenoxy) is 2. The van der Waals surface area contributed by atoms with E-state index in [0.717, 1.165) is 57.1 Å². The lowest BCUT2D eigenvalue weighted by molar-refractivity contribution is 0.0177. The van der Waals surface area contributed by atoms with Gasteiger partial charge in [0.1, 0.15) is 5.75 Å². The highest BCUT2D eigenvalue weighted by Crippen LogP contribution is 2.22. The standard InChI is InChI=1S/C18H27N3O3/c1-23-16-7-4-5-15(13-16)20-8-10-21(11-9-20)18(22)19-14-17-6-2-3-12-24-17/h4-5,7,13,17H,2-3,6,8-12,14H2,1H3,(H,19,22). The van der Waals surface area contributed by atoms with Gasteiger partial charge in [-0.05, 0) is 31.4 Å². The number of benzene rings is 1. The Labute approximate surface area is 143 Å². The predicted molar refractivity (Wildman–Crippen MR) is 93.8 cm³/mol. The highest BCUT2D eigenvalue weighted by molar-refractivity contribution is 5.74. The third-order valence-corrected chi connectivity index (χ3v) is 4.74. The summed E-state index contributed by atoms with van der Waals surface area (Å²) in [4.78, 5) is 16.5. The van der Waals surface area contributed by atoms with E-state index in [9.17, 15) is 4.79 Å². The number of methoxy groups -OCH3 is 1. The normalized spacial score (nSPS) is 21.5. The van der Waals surface area contributed by atoms with Gasteiger partial charge in [-0.3, -0.25) is 0 Å². The molecule has 6 nitrogen and oxygen atoms in total. The molecule has 1 N–H and O–H groups in total. The van der Waals surface area contributed by atoms with Crippen molar-refractivity contribution in [2.45, 2.75) is 25.4 Å². The molecule has 2 heterocycles. The van der Waals surface area contributed by atoms with Crippen LogP contribution in [0.5, 0.6) is 5.75 Å². The molecule has 6 heteroatoms. The third kappa shape index (κ3) is 4.32. The minimum absolute atomic E-state index is 0.0227. The van der Waals surface area contributed by atoms with Gasteiger partial charge in [0.05, 0.1) is 13.2 Å². The fourth-order valence-corrected chi connectivity index (χ4v) is 3.26. The van der Waals surface area contributed by atoms with Crippen molar-refractivity contribution in [3.05, 3.63) is 24.3 Å². The van der Waals surface area contributed by atoms with Gasteiger partial charge in [-0.1, -0.05) is 6.07 Å². The van der Waals surface area contributed by atoms with Crippen LogP contribution in [0.3, 0.4) is 0 Å². The van der Waals surface area contributed by atoms with E-state index < -0.39 is 0 Å². The summed E-state index contributed by atoms with van der Waals surface area (Å²) in [6.07, 6.45) is 3.56. The van der Waals surface area contributed by atoms with Crippen LogP contribution in [0, 0.1) is 0 Å². The van der Waals surface area contributed by atoms with Crippen LogP contribution in [-0.2, 0) is 4.74 Å². The lowest BCUT2D eigenvalue weighted by Crippen LogP contribution is -2.53. The maximum atomic E-state index is 12.3. The number of hydrogen-bond donors (Lipinski definition) is 1. The summed E-state index contributed by atoms with van der Waals surface area (Å²) >= 11 is 0. The molecule has 132 valence electrons. The van der Waals surface area contributed by atoms with Crippen molar-refractivity contribution in [2.24, 2.45) is 0 Å². The summed E-state index contributed by atoms with van der Waals surface area (Å²) in [5.41, 5.74) is 1.14. The molecule has 24 heavy (non-hydrogen) atoms. The largest absolute Gasteiger partial charge is 0.497 e.